The number of hydrogen-bond acceptors (Lipinski definition) is 4. The van der Waals surface area contributed by atoms with Gasteiger partial charge in [-0.2, -0.15) is 5.10 Å². The van der Waals surface area contributed by atoms with Crippen LogP contribution in [0.4, 0.5) is 5.82 Å². The maximum Gasteiger partial charge on any atom is 0.174 e. The third-order valence-electron chi connectivity index (χ3n) is 4.02. The molecule has 2 N–H and O–H groups in total. The number of nitrogens with zero attached hydrogens (tertiary/aromatic N) is 2. The summed E-state index contributed by atoms with van der Waals surface area (Å²) in [6, 6.07) is 5.80. The Hall–Kier alpha value is -1.69. The van der Waals surface area contributed by atoms with Gasteiger partial charge in [-0.05, 0) is 53.7 Å². The summed E-state index contributed by atoms with van der Waals surface area (Å²) in [5, 5.41) is 4.42. The monoisotopic (exact) mass is 365 g/mol. The Balaban J connectivity index is 1.99. The van der Waals surface area contributed by atoms with E-state index in [1.807, 2.05) is 25.2 Å². The van der Waals surface area contributed by atoms with Gasteiger partial charge in [0.2, 0.25) is 0 Å². The predicted octanol–water partition coefficient (Wildman–Crippen LogP) is 3.76. The van der Waals surface area contributed by atoms with Crippen molar-refractivity contribution >= 4 is 21.7 Å². The third kappa shape index (κ3) is 2.92. The lowest BCUT2D eigenvalue weighted by atomic mass is 10.1. The van der Waals surface area contributed by atoms with Gasteiger partial charge in [-0.3, -0.25) is 4.68 Å². The van der Waals surface area contributed by atoms with Gasteiger partial charge in [-0.1, -0.05) is 0 Å². The van der Waals surface area contributed by atoms with E-state index >= 15 is 0 Å². The molecule has 5 nitrogen and oxygen atoms in total. The van der Waals surface area contributed by atoms with E-state index in [1.165, 1.54) is 12.8 Å². The van der Waals surface area contributed by atoms with Crippen molar-refractivity contribution < 1.29 is 9.47 Å². The summed E-state index contributed by atoms with van der Waals surface area (Å²) in [6.07, 6.45) is 4.92. The lowest BCUT2D eigenvalue weighted by molar-refractivity contribution is 0.200. The van der Waals surface area contributed by atoms with Gasteiger partial charge >= 0.3 is 0 Å². The molecule has 1 saturated carbocycles. The zero-order valence-corrected chi connectivity index (χ0v) is 14.4. The molecule has 0 unspecified atom stereocenters. The largest absolute Gasteiger partial charge is 0.492 e. The van der Waals surface area contributed by atoms with Gasteiger partial charge in [0.25, 0.3) is 0 Å². The number of halogens is 1. The van der Waals surface area contributed by atoms with Crippen LogP contribution in [0.2, 0.25) is 0 Å². The second kappa shape index (κ2) is 6.20. The summed E-state index contributed by atoms with van der Waals surface area (Å²) in [4.78, 5) is 0. The van der Waals surface area contributed by atoms with Crippen LogP contribution in [0, 0.1) is 0 Å². The molecule has 0 atom stereocenters. The average Bonchev–Trinajstić information content (AvgIpc) is 3.09. The molecule has 118 valence electrons. The van der Waals surface area contributed by atoms with Crippen molar-refractivity contribution in [1.82, 2.24) is 9.78 Å². The highest BCUT2D eigenvalue weighted by Crippen LogP contribution is 2.41. The quantitative estimate of drug-likeness (QED) is 0.895. The Morgan fingerprint density at radius 1 is 1.27 bits per heavy atom. The normalized spacial score (nSPS) is 15.2. The maximum absolute atomic E-state index is 6.16. The van der Waals surface area contributed by atoms with Gasteiger partial charge in [-0.15, -0.1) is 0 Å². The highest BCUT2D eigenvalue weighted by atomic mass is 79.9. The first-order valence-electron chi connectivity index (χ1n) is 7.42. The number of aryl methyl sites for hydroxylation is 1. The highest BCUT2D eigenvalue weighted by molar-refractivity contribution is 9.10. The van der Waals surface area contributed by atoms with Crippen LogP contribution < -0.4 is 15.2 Å². The Kier molecular flexibility index (Phi) is 4.29. The third-order valence-corrected chi connectivity index (χ3v) is 4.61. The summed E-state index contributed by atoms with van der Waals surface area (Å²) < 4.78 is 14.1. The summed E-state index contributed by atoms with van der Waals surface area (Å²) in [5.41, 5.74) is 7.65. The number of rotatable bonds is 4. The molecule has 1 aromatic heterocycles. The molecule has 0 saturated heterocycles. The number of aromatic nitrogens is 2. The molecule has 0 bridgehead atoms. The smallest absolute Gasteiger partial charge is 0.174 e. The molecule has 0 radical (unpaired) electrons. The van der Waals surface area contributed by atoms with E-state index in [2.05, 4.69) is 21.0 Å². The van der Waals surface area contributed by atoms with Crippen molar-refractivity contribution in [2.75, 3.05) is 12.8 Å². The zero-order chi connectivity index (χ0) is 15.7. The van der Waals surface area contributed by atoms with Crippen molar-refractivity contribution in [1.29, 1.82) is 0 Å². The van der Waals surface area contributed by atoms with E-state index in [0.29, 0.717) is 5.82 Å². The molecule has 1 fully saturated rings. The Bertz CT molecular complexity index is 659. The Labute approximate surface area is 138 Å². The molecule has 22 heavy (non-hydrogen) atoms. The topological polar surface area (TPSA) is 62.3 Å². The lowest BCUT2D eigenvalue weighted by Crippen LogP contribution is -2.11. The second-order valence-corrected chi connectivity index (χ2v) is 6.45. The van der Waals surface area contributed by atoms with Gasteiger partial charge in [-0.25, -0.2) is 0 Å². The van der Waals surface area contributed by atoms with Crippen LogP contribution in [0.1, 0.15) is 25.7 Å². The van der Waals surface area contributed by atoms with Gasteiger partial charge in [0.1, 0.15) is 5.82 Å². The molecule has 0 spiro atoms. The molecule has 0 amide bonds. The van der Waals surface area contributed by atoms with Crippen LogP contribution in [0.5, 0.6) is 11.5 Å². The molecule has 6 heteroatoms. The molecule has 1 aliphatic carbocycles. The van der Waals surface area contributed by atoms with E-state index in [4.69, 9.17) is 15.2 Å². The molecule has 0 aliphatic heterocycles. The van der Waals surface area contributed by atoms with E-state index in [1.54, 1.807) is 11.8 Å². The van der Waals surface area contributed by atoms with Gasteiger partial charge in [0, 0.05) is 18.7 Å². The molecule has 1 heterocycles. The second-order valence-electron chi connectivity index (χ2n) is 5.59. The minimum atomic E-state index is 0.268. The Morgan fingerprint density at radius 3 is 2.59 bits per heavy atom. The van der Waals surface area contributed by atoms with Crippen molar-refractivity contribution in [2.24, 2.45) is 7.05 Å². The van der Waals surface area contributed by atoms with Gasteiger partial charge in [0.05, 0.1) is 23.4 Å². The molecule has 1 aliphatic rings. The minimum Gasteiger partial charge on any atom is -0.492 e. The summed E-state index contributed by atoms with van der Waals surface area (Å²) in [5.74, 6) is 2.10. The number of nitrogens with two attached hydrogens (primary N) is 1. The highest BCUT2D eigenvalue weighted by Gasteiger charge is 2.21. The van der Waals surface area contributed by atoms with Crippen LogP contribution in [-0.4, -0.2) is 23.0 Å². The lowest BCUT2D eigenvalue weighted by Gasteiger charge is -2.17. The van der Waals surface area contributed by atoms with Crippen LogP contribution in [0.15, 0.2) is 22.7 Å². The first-order valence-corrected chi connectivity index (χ1v) is 8.22. The fourth-order valence-corrected chi connectivity index (χ4v) is 3.41. The zero-order valence-electron chi connectivity index (χ0n) is 12.8. The molecule has 3 rings (SSSR count). The fraction of sp³-hybridized carbons (Fsp3) is 0.438. The predicted molar refractivity (Wildman–Crippen MR) is 90.2 cm³/mol. The fourth-order valence-electron chi connectivity index (χ4n) is 2.81. The van der Waals surface area contributed by atoms with Gasteiger partial charge < -0.3 is 15.2 Å². The van der Waals surface area contributed by atoms with E-state index in [9.17, 15) is 0 Å². The number of methoxy groups -OCH3 is 1. The van der Waals surface area contributed by atoms with Crippen LogP contribution >= 0.6 is 15.9 Å². The number of ether oxygens (including phenoxy) is 2. The Morgan fingerprint density at radius 2 is 2.00 bits per heavy atom. The van der Waals surface area contributed by atoms with Crippen molar-refractivity contribution in [3.05, 3.63) is 22.7 Å². The maximum atomic E-state index is 6.16. The summed E-state index contributed by atoms with van der Waals surface area (Å²) >= 11 is 3.56. The summed E-state index contributed by atoms with van der Waals surface area (Å²) in [6.45, 7) is 0. The van der Waals surface area contributed by atoms with E-state index < -0.39 is 0 Å². The number of nitrogen functional groups attached to an aromatic ring is 1. The molecular weight excluding hydrogens is 346 g/mol. The summed E-state index contributed by atoms with van der Waals surface area (Å²) in [7, 11) is 3.48. The minimum absolute atomic E-state index is 0.268. The van der Waals surface area contributed by atoms with Crippen molar-refractivity contribution in [3.63, 3.8) is 0 Å². The van der Waals surface area contributed by atoms with Crippen molar-refractivity contribution in [3.8, 4) is 22.8 Å². The van der Waals surface area contributed by atoms with Crippen LogP contribution in [0.3, 0.4) is 0 Å². The van der Waals surface area contributed by atoms with E-state index in [-0.39, 0.29) is 6.10 Å². The van der Waals surface area contributed by atoms with E-state index in [0.717, 1.165) is 40.1 Å². The first kappa shape index (κ1) is 15.2. The first-order chi connectivity index (χ1) is 10.6. The number of hydrogen-bond donors (Lipinski definition) is 1. The van der Waals surface area contributed by atoms with Crippen LogP contribution in [-0.2, 0) is 7.05 Å². The average molecular weight is 366 g/mol. The van der Waals surface area contributed by atoms with Crippen molar-refractivity contribution in [2.45, 2.75) is 31.8 Å². The van der Waals surface area contributed by atoms with Crippen LogP contribution in [0.25, 0.3) is 11.3 Å². The molecule has 2 aromatic rings. The number of benzene rings is 1. The molecular formula is C16H20BrN3O2. The number of anilines is 1. The molecule has 1 aromatic carbocycles. The van der Waals surface area contributed by atoms with Gasteiger partial charge in [0.15, 0.2) is 11.5 Å². The SMILES string of the molecule is COc1c(Br)cc(-c2cc(N)n(C)n2)cc1OC1CCCC1. The standard InChI is InChI=1S/C16H20BrN3O2/c1-20-15(18)9-13(19-20)10-7-12(17)16(21-2)14(8-10)22-11-5-3-4-6-11/h7-9,11H,3-6,18H2,1-2H3.